The topological polar surface area (TPSA) is 66.5 Å². The van der Waals surface area contributed by atoms with E-state index >= 15 is 0 Å². The summed E-state index contributed by atoms with van der Waals surface area (Å²) in [6.45, 7) is 4.34. The highest BCUT2D eigenvalue weighted by Gasteiger charge is 2.40. The van der Waals surface area contributed by atoms with Gasteiger partial charge in [0.15, 0.2) is 4.91 Å². The lowest BCUT2D eigenvalue weighted by molar-refractivity contribution is -0.116. The van der Waals surface area contributed by atoms with Crippen LogP contribution >= 0.6 is 0 Å². The van der Waals surface area contributed by atoms with Crippen LogP contribution in [0.4, 0.5) is 5.69 Å². The minimum absolute atomic E-state index is 0.0433. The molecule has 5 nitrogen and oxygen atoms in total. The van der Waals surface area contributed by atoms with Crippen LogP contribution in [0.25, 0.3) is 5.57 Å². The van der Waals surface area contributed by atoms with Gasteiger partial charge in [-0.3, -0.25) is 9.10 Å². The molecule has 6 heteroatoms. The van der Waals surface area contributed by atoms with Gasteiger partial charge < -0.3 is 5.32 Å². The Morgan fingerprint density at radius 1 is 0.906 bits per heavy atom. The van der Waals surface area contributed by atoms with Gasteiger partial charge in [-0.15, -0.1) is 0 Å². The number of carbonyl (C=O) groups excluding carboxylic acids is 1. The van der Waals surface area contributed by atoms with Crippen molar-refractivity contribution in [3.8, 4) is 0 Å². The van der Waals surface area contributed by atoms with E-state index in [0.29, 0.717) is 23.4 Å². The number of rotatable bonds is 6. The molecule has 1 aliphatic rings. The molecule has 0 aromatic heterocycles. The molecule has 1 heterocycles. The maximum atomic E-state index is 13.7. The van der Waals surface area contributed by atoms with Crippen molar-refractivity contribution in [2.75, 3.05) is 17.4 Å². The summed E-state index contributed by atoms with van der Waals surface area (Å²) in [5.41, 5.74) is 3.54. The third kappa shape index (κ3) is 3.94. The maximum Gasteiger partial charge on any atom is 0.270 e. The van der Waals surface area contributed by atoms with Crippen LogP contribution < -0.4 is 9.62 Å². The Bertz CT molecular complexity index is 1250. The van der Waals surface area contributed by atoms with Gasteiger partial charge in [0.25, 0.3) is 15.9 Å². The molecule has 0 saturated heterocycles. The second kappa shape index (κ2) is 9.01. The van der Waals surface area contributed by atoms with Gasteiger partial charge in [-0.2, -0.15) is 0 Å². The van der Waals surface area contributed by atoms with Gasteiger partial charge in [-0.05, 0) is 30.0 Å². The number of hydrogen-bond acceptors (Lipinski definition) is 3. The molecule has 32 heavy (non-hydrogen) atoms. The standard InChI is InChI=1S/C26H26N2O3S/c1-3-28-23-17-11-10-16-22(23)24(21-14-8-5-9-15-21)25(32(28,30)31)26(29)27-18-19(2)20-12-6-4-7-13-20/h4-17,19H,3,18H2,1-2H3,(H,27,29). The molecule has 0 fully saturated rings. The summed E-state index contributed by atoms with van der Waals surface area (Å²) in [6.07, 6.45) is 0. The van der Waals surface area contributed by atoms with Crippen LogP contribution in [-0.2, 0) is 14.8 Å². The van der Waals surface area contributed by atoms with Crippen molar-refractivity contribution in [1.29, 1.82) is 0 Å². The molecule has 0 spiro atoms. The van der Waals surface area contributed by atoms with Crippen molar-refractivity contribution < 1.29 is 13.2 Å². The van der Waals surface area contributed by atoms with Crippen LogP contribution in [0.2, 0.25) is 0 Å². The van der Waals surface area contributed by atoms with Crippen LogP contribution in [0.15, 0.2) is 89.8 Å². The van der Waals surface area contributed by atoms with E-state index in [4.69, 9.17) is 0 Å². The Hall–Kier alpha value is -3.38. The predicted octanol–water partition coefficient (Wildman–Crippen LogP) is 4.54. The molecular weight excluding hydrogens is 420 g/mol. The van der Waals surface area contributed by atoms with Crippen molar-refractivity contribution in [2.24, 2.45) is 0 Å². The van der Waals surface area contributed by atoms with E-state index in [-0.39, 0.29) is 17.4 Å². The smallest absolute Gasteiger partial charge is 0.270 e. The Morgan fingerprint density at radius 2 is 1.50 bits per heavy atom. The summed E-state index contributed by atoms with van der Waals surface area (Å²) < 4.78 is 28.6. The van der Waals surface area contributed by atoms with Crippen LogP contribution in [0.5, 0.6) is 0 Å². The van der Waals surface area contributed by atoms with E-state index in [1.165, 1.54) is 4.31 Å². The normalized spacial score (nSPS) is 15.8. The number of carbonyl (C=O) groups is 1. The monoisotopic (exact) mass is 446 g/mol. The van der Waals surface area contributed by atoms with Gasteiger partial charge in [0.1, 0.15) is 0 Å². The highest BCUT2D eigenvalue weighted by Crippen LogP contribution is 2.42. The van der Waals surface area contributed by atoms with Crippen molar-refractivity contribution in [3.63, 3.8) is 0 Å². The molecule has 164 valence electrons. The Kier molecular flexibility index (Phi) is 6.15. The zero-order valence-corrected chi connectivity index (χ0v) is 19.0. The van der Waals surface area contributed by atoms with Crippen molar-refractivity contribution in [2.45, 2.75) is 19.8 Å². The quantitative estimate of drug-likeness (QED) is 0.605. The largest absolute Gasteiger partial charge is 0.351 e. The number of hydrogen-bond donors (Lipinski definition) is 1. The first kappa shape index (κ1) is 21.8. The SMILES string of the molecule is CCN1c2ccccc2C(c2ccccc2)=C(C(=O)NCC(C)c2ccccc2)S1(=O)=O. The number of fused-ring (bicyclic) bond motifs is 1. The number of para-hydroxylation sites is 1. The van der Waals surface area contributed by atoms with E-state index in [9.17, 15) is 13.2 Å². The molecule has 3 aromatic carbocycles. The molecule has 3 aromatic rings. The molecular formula is C26H26N2O3S. The fourth-order valence-corrected chi connectivity index (χ4v) is 5.85. The minimum Gasteiger partial charge on any atom is -0.351 e. The lowest BCUT2D eigenvalue weighted by Gasteiger charge is -2.32. The lowest BCUT2D eigenvalue weighted by Crippen LogP contribution is -2.42. The Balaban J connectivity index is 1.81. The minimum atomic E-state index is -4.04. The van der Waals surface area contributed by atoms with Gasteiger partial charge >= 0.3 is 0 Å². The van der Waals surface area contributed by atoms with E-state index in [1.807, 2.05) is 85.8 Å². The molecule has 1 amide bonds. The third-order valence-corrected chi connectivity index (χ3v) is 7.65. The highest BCUT2D eigenvalue weighted by atomic mass is 32.2. The number of nitrogens with one attached hydrogen (secondary N) is 1. The van der Waals surface area contributed by atoms with Gasteiger partial charge in [-0.1, -0.05) is 85.8 Å². The number of nitrogens with zero attached hydrogens (tertiary/aromatic N) is 1. The van der Waals surface area contributed by atoms with Crippen LogP contribution in [-0.4, -0.2) is 27.4 Å². The zero-order chi connectivity index (χ0) is 22.7. The van der Waals surface area contributed by atoms with Gasteiger partial charge in [-0.25, -0.2) is 8.42 Å². The lowest BCUT2D eigenvalue weighted by atomic mass is 9.95. The maximum absolute atomic E-state index is 13.7. The molecule has 4 rings (SSSR count). The van der Waals surface area contributed by atoms with Gasteiger partial charge in [0.05, 0.1) is 5.69 Å². The molecule has 0 bridgehead atoms. The summed E-state index contributed by atoms with van der Waals surface area (Å²) in [5.74, 6) is -0.540. The molecule has 1 N–H and O–H groups in total. The third-order valence-electron chi connectivity index (χ3n) is 5.71. The average Bonchev–Trinajstić information content (AvgIpc) is 2.82. The van der Waals surface area contributed by atoms with E-state index in [2.05, 4.69) is 5.32 Å². The summed E-state index contributed by atoms with van der Waals surface area (Å²) in [7, 11) is -4.04. The fraction of sp³-hybridized carbons (Fsp3) is 0.192. The van der Waals surface area contributed by atoms with Crippen LogP contribution in [0, 0.1) is 0 Å². The molecule has 0 saturated carbocycles. The predicted molar refractivity (Wildman–Crippen MR) is 129 cm³/mol. The number of anilines is 1. The molecule has 0 radical (unpaired) electrons. The van der Waals surface area contributed by atoms with Gasteiger partial charge in [0.2, 0.25) is 0 Å². The van der Waals surface area contributed by atoms with E-state index in [1.54, 1.807) is 13.0 Å². The summed E-state index contributed by atoms with van der Waals surface area (Å²) in [5, 5.41) is 2.88. The molecule has 1 unspecified atom stereocenters. The van der Waals surface area contributed by atoms with Crippen LogP contribution in [0.1, 0.15) is 36.5 Å². The number of sulfonamides is 1. The van der Waals surface area contributed by atoms with Crippen molar-refractivity contribution in [3.05, 3.63) is 107 Å². The highest BCUT2D eigenvalue weighted by molar-refractivity contribution is 7.97. The summed E-state index contributed by atoms with van der Waals surface area (Å²) >= 11 is 0. The first-order valence-electron chi connectivity index (χ1n) is 10.7. The van der Waals surface area contributed by atoms with Crippen molar-refractivity contribution >= 4 is 27.2 Å². The fourth-order valence-electron chi connectivity index (χ4n) is 4.08. The second-order valence-corrected chi connectivity index (χ2v) is 9.58. The Morgan fingerprint density at radius 3 is 2.16 bits per heavy atom. The summed E-state index contributed by atoms with van der Waals surface area (Å²) in [4.78, 5) is 13.2. The first-order valence-corrected chi connectivity index (χ1v) is 12.1. The Labute approximate surface area is 189 Å². The average molecular weight is 447 g/mol. The first-order chi connectivity index (χ1) is 15.4. The van der Waals surface area contributed by atoms with Gasteiger partial charge in [0, 0.05) is 24.2 Å². The zero-order valence-electron chi connectivity index (χ0n) is 18.2. The van der Waals surface area contributed by atoms with Crippen LogP contribution in [0.3, 0.4) is 0 Å². The number of amides is 1. The molecule has 1 atom stereocenters. The van der Waals surface area contributed by atoms with E-state index < -0.39 is 15.9 Å². The van der Waals surface area contributed by atoms with Crippen molar-refractivity contribution in [1.82, 2.24) is 5.32 Å². The molecule has 0 aliphatic carbocycles. The molecule has 1 aliphatic heterocycles. The number of benzene rings is 3. The summed E-state index contributed by atoms with van der Waals surface area (Å²) in [6, 6.07) is 26.4. The second-order valence-electron chi connectivity index (χ2n) is 7.78. The van der Waals surface area contributed by atoms with E-state index in [0.717, 1.165) is 11.1 Å².